The first-order chi connectivity index (χ1) is 10.2. The van der Waals surface area contributed by atoms with Crippen molar-refractivity contribution in [1.82, 2.24) is 15.1 Å². The number of hydrogen-bond donors (Lipinski definition) is 1. The minimum atomic E-state index is 0.261. The largest absolute Gasteiger partial charge is 0.496 e. The lowest BCUT2D eigenvalue weighted by Crippen LogP contribution is -2.20. The molecule has 21 heavy (non-hydrogen) atoms. The Hall–Kier alpha value is -1.33. The average molecular weight is 352 g/mol. The van der Waals surface area contributed by atoms with Crippen LogP contribution in [0.15, 0.2) is 34.9 Å². The van der Waals surface area contributed by atoms with E-state index in [9.17, 15) is 0 Å². The first kappa shape index (κ1) is 16.0. The predicted octanol–water partition coefficient (Wildman–Crippen LogP) is 3.92. The minimum Gasteiger partial charge on any atom is -0.496 e. The molecular weight excluding hydrogens is 330 g/mol. The predicted molar refractivity (Wildman–Crippen MR) is 88.5 cm³/mol. The smallest absolute Gasteiger partial charge is 0.133 e. The van der Waals surface area contributed by atoms with E-state index in [0.29, 0.717) is 0 Å². The van der Waals surface area contributed by atoms with Gasteiger partial charge in [0.1, 0.15) is 5.75 Å². The quantitative estimate of drug-likeness (QED) is 0.821. The van der Waals surface area contributed by atoms with Gasteiger partial charge in [0.2, 0.25) is 0 Å². The van der Waals surface area contributed by atoms with E-state index in [1.807, 2.05) is 12.3 Å². The summed E-state index contributed by atoms with van der Waals surface area (Å²) < 4.78 is 8.30. The van der Waals surface area contributed by atoms with Gasteiger partial charge in [-0.15, -0.1) is 0 Å². The summed E-state index contributed by atoms with van der Waals surface area (Å²) in [5, 5.41) is 7.89. The fourth-order valence-corrected chi connectivity index (χ4v) is 2.81. The van der Waals surface area contributed by atoms with Crippen molar-refractivity contribution >= 4 is 15.9 Å². The third-order valence-electron chi connectivity index (χ3n) is 3.51. The van der Waals surface area contributed by atoms with Gasteiger partial charge in [-0.05, 0) is 53.0 Å². The number of methoxy groups -OCH3 is 1. The SMILES string of the molecule is CCCn1nccc1CNC(C)c1ccc(OC)c(Br)c1. The maximum absolute atomic E-state index is 5.26. The molecule has 0 radical (unpaired) electrons. The summed E-state index contributed by atoms with van der Waals surface area (Å²) in [5.74, 6) is 0.854. The maximum atomic E-state index is 5.26. The summed E-state index contributed by atoms with van der Waals surface area (Å²) >= 11 is 3.53. The standard InChI is InChI=1S/C16H22BrN3O/c1-4-9-20-14(7-8-19-20)11-18-12(2)13-5-6-16(21-3)15(17)10-13/h5-8,10,12,18H,4,9,11H2,1-3H3. The molecule has 0 saturated heterocycles. The average Bonchev–Trinajstić information content (AvgIpc) is 2.92. The summed E-state index contributed by atoms with van der Waals surface area (Å²) in [5.41, 5.74) is 2.44. The minimum absolute atomic E-state index is 0.261. The lowest BCUT2D eigenvalue weighted by molar-refractivity contribution is 0.411. The zero-order valence-corrected chi connectivity index (χ0v) is 14.4. The molecule has 2 rings (SSSR count). The second kappa shape index (κ2) is 7.61. The van der Waals surface area contributed by atoms with Crippen molar-refractivity contribution in [3.05, 3.63) is 46.2 Å². The van der Waals surface area contributed by atoms with Gasteiger partial charge in [0.15, 0.2) is 0 Å². The van der Waals surface area contributed by atoms with Gasteiger partial charge in [-0.1, -0.05) is 13.0 Å². The Morgan fingerprint density at radius 1 is 1.38 bits per heavy atom. The Morgan fingerprint density at radius 3 is 2.86 bits per heavy atom. The molecule has 0 spiro atoms. The number of ether oxygens (including phenoxy) is 1. The zero-order valence-electron chi connectivity index (χ0n) is 12.8. The molecule has 0 aliphatic rings. The summed E-state index contributed by atoms with van der Waals surface area (Å²) in [7, 11) is 1.68. The van der Waals surface area contributed by atoms with E-state index in [1.165, 1.54) is 11.3 Å². The van der Waals surface area contributed by atoms with Crippen LogP contribution in [0.4, 0.5) is 0 Å². The normalized spacial score (nSPS) is 12.4. The number of aromatic nitrogens is 2. The van der Waals surface area contributed by atoms with Crippen molar-refractivity contribution in [2.24, 2.45) is 0 Å². The van der Waals surface area contributed by atoms with Crippen LogP contribution in [0.1, 0.15) is 37.6 Å². The van der Waals surface area contributed by atoms with Crippen LogP contribution in [0.25, 0.3) is 0 Å². The molecule has 1 atom stereocenters. The summed E-state index contributed by atoms with van der Waals surface area (Å²) in [4.78, 5) is 0. The van der Waals surface area contributed by atoms with Crippen molar-refractivity contribution < 1.29 is 4.74 Å². The molecule has 1 aromatic carbocycles. The van der Waals surface area contributed by atoms with E-state index in [0.717, 1.165) is 29.7 Å². The van der Waals surface area contributed by atoms with Gasteiger partial charge in [0.25, 0.3) is 0 Å². The Kier molecular flexibility index (Phi) is 5.82. The number of rotatable bonds is 7. The molecule has 1 N–H and O–H groups in total. The Bertz CT molecular complexity index is 583. The van der Waals surface area contributed by atoms with Crippen molar-refractivity contribution in [3.63, 3.8) is 0 Å². The molecule has 1 heterocycles. The van der Waals surface area contributed by atoms with Crippen LogP contribution < -0.4 is 10.1 Å². The van der Waals surface area contributed by atoms with E-state index in [2.05, 4.69) is 63.1 Å². The van der Waals surface area contributed by atoms with Gasteiger partial charge in [-0.2, -0.15) is 5.10 Å². The molecule has 2 aromatic rings. The molecule has 1 aromatic heterocycles. The Balaban J connectivity index is 1.99. The van der Waals surface area contributed by atoms with Crippen LogP contribution in [0.2, 0.25) is 0 Å². The molecule has 0 aliphatic heterocycles. The van der Waals surface area contributed by atoms with E-state index < -0.39 is 0 Å². The van der Waals surface area contributed by atoms with Crippen LogP contribution in [0, 0.1) is 0 Å². The Labute approximate surface area is 134 Å². The maximum Gasteiger partial charge on any atom is 0.133 e. The number of nitrogens with zero attached hydrogens (tertiary/aromatic N) is 2. The lowest BCUT2D eigenvalue weighted by Gasteiger charge is -2.16. The zero-order chi connectivity index (χ0) is 15.2. The van der Waals surface area contributed by atoms with Gasteiger partial charge in [-0.3, -0.25) is 4.68 Å². The number of nitrogens with one attached hydrogen (secondary N) is 1. The van der Waals surface area contributed by atoms with Crippen LogP contribution >= 0.6 is 15.9 Å². The number of benzene rings is 1. The number of aryl methyl sites for hydroxylation is 1. The van der Waals surface area contributed by atoms with Gasteiger partial charge in [-0.25, -0.2) is 0 Å². The second-order valence-corrected chi connectivity index (χ2v) is 5.90. The third kappa shape index (κ3) is 4.08. The number of hydrogen-bond acceptors (Lipinski definition) is 3. The molecular formula is C16H22BrN3O. The highest BCUT2D eigenvalue weighted by Gasteiger charge is 2.09. The summed E-state index contributed by atoms with van der Waals surface area (Å²) in [6.07, 6.45) is 2.96. The summed E-state index contributed by atoms with van der Waals surface area (Å²) in [6.45, 7) is 6.10. The van der Waals surface area contributed by atoms with Gasteiger partial charge >= 0.3 is 0 Å². The van der Waals surface area contributed by atoms with E-state index in [1.54, 1.807) is 7.11 Å². The van der Waals surface area contributed by atoms with Crippen molar-refractivity contribution in [2.45, 2.75) is 39.4 Å². The fraction of sp³-hybridized carbons (Fsp3) is 0.438. The molecule has 1 unspecified atom stereocenters. The molecule has 5 heteroatoms. The van der Waals surface area contributed by atoms with Crippen LogP contribution in [-0.2, 0) is 13.1 Å². The van der Waals surface area contributed by atoms with Crippen molar-refractivity contribution in [1.29, 1.82) is 0 Å². The van der Waals surface area contributed by atoms with Gasteiger partial charge in [0, 0.05) is 25.3 Å². The van der Waals surface area contributed by atoms with E-state index >= 15 is 0 Å². The second-order valence-electron chi connectivity index (χ2n) is 5.04. The van der Waals surface area contributed by atoms with Crippen molar-refractivity contribution in [2.75, 3.05) is 7.11 Å². The molecule has 114 valence electrons. The monoisotopic (exact) mass is 351 g/mol. The van der Waals surface area contributed by atoms with E-state index in [-0.39, 0.29) is 6.04 Å². The van der Waals surface area contributed by atoms with Crippen molar-refractivity contribution in [3.8, 4) is 5.75 Å². The third-order valence-corrected chi connectivity index (χ3v) is 4.12. The molecule has 4 nitrogen and oxygen atoms in total. The van der Waals surface area contributed by atoms with Crippen LogP contribution in [0.5, 0.6) is 5.75 Å². The topological polar surface area (TPSA) is 39.1 Å². The van der Waals surface area contributed by atoms with Crippen LogP contribution in [0.3, 0.4) is 0 Å². The first-order valence-corrected chi connectivity index (χ1v) is 8.02. The first-order valence-electron chi connectivity index (χ1n) is 7.23. The molecule has 0 aliphatic carbocycles. The lowest BCUT2D eigenvalue weighted by atomic mass is 10.1. The molecule has 0 fully saturated rings. The highest BCUT2D eigenvalue weighted by molar-refractivity contribution is 9.10. The molecule has 0 bridgehead atoms. The molecule has 0 amide bonds. The molecule has 0 saturated carbocycles. The van der Waals surface area contributed by atoms with Crippen LogP contribution in [-0.4, -0.2) is 16.9 Å². The van der Waals surface area contributed by atoms with Gasteiger partial charge in [0.05, 0.1) is 17.3 Å². The highest BCUT2D eigenvalue weighted by Crippen LogP contribution is 2.28. The number of halogens is 1. The van der Waals surface area contributed by atoms with Gasteiger partial charge < -0.3 is 10.1 Å². The highest BCUT2D eigenvalue weighted by atomic mass is 79.9. The summed E-state index contributed by atoms with van der Waals surface area (Å²) in [6, 6.07) is 8.50. The Morgan fingerprint density at radius 2 is 2.19 bits per heavy atom. The van der Waals surface area contributed by atoms with E-state index in [4.69, 9.17) is 4.74 Å². The fourth-order valence-electron chi connectivity index (χ4n) is 2.25.